The molecular formula is C24H30O. The van der Waals surface area contributed by atoms with E-state index in [1.54, 1.807) is 0 Å². The highest BCUT2D eigenvalue weighted by molar-refractivity contribution is 5.85. The van der Waals surface area contributed by atoms with Crippen molar-refractivity contribution >= 4 is 10.8 Å². The average Bonchev–Trinajstić information content (AvgIpc) is 2.68. The number of fused-ring (bicyclic) bond motifs is 1. The molecule has 0 saturated carbocycles. The van der Waals surface area contributed by atoms with Gasteiger partial charge in [-0.25, -0.2) is 0 Å². The first-order chi connectivity index (χ1) is 12.3. The van der Waals surface area contributed by atoms with Crippen LogP contribution in [0.1, 0.15) is 57.6 Å². The van der Waals surface area contributed by atoms with Gasteiger partial charge >= 0.3 is 0 Å². The SMILES string of the molecule is CC.CCCC(C)c1ccc(OCc2cccc3ccccc23)cc1. The molecule has 1 atom stereocenters. The molecule has 0 N–H and O–H groups in total. The smallest absolute Gasteiger partial charge is 0.119 e. The Balaban J connectivity index is 0.00000109. The molecule has 0 aliphatic rings. The van der Waals surface area contributed by atoms with Crippen molar-refractivity contribution in [1.29, 1.82) is 0 Å². The predicted octanol–water partition coefficient (Wildman–Crippen LogP) is 7.35. The summed E-state index contributed by atoms with van der Waals surface area (Å²) in [5, 5.41) is 2.53. The molecule has 0 fully saturated rings. The highest BCUT2D eigenvalue weighted by Gasteiger charge is 2.05. The van der Waals surface area contributed by atoms with Gasteiger partial charge in [0.2, 0.25) is 0 Å². The number of benzene rings is 3. The Bertz CT molecular complexity index is 753. The summed E-state index contributed by atoms with van der Waals surface area (Å²) in [5.74, 6) is 1.55. The molecule has 0 spiro atoms. The van der Waals surface area contributed by atoms with E-state index >= 15 is 0 Å². The van der Waals surface area contributed by atoms with Crippen LogP contribution in [0.4, 0.5) is 0 Å². The van der Waals surface area contributed by atoms with E-state index in [2.05, 4.69) is 80.6 Å². The second-order valence-corrected chi connectivity index (χ2v) is 6.19. The Hall–Kier alpha value is -2.28. The van der Waals surface area contributed by atoms with Crippen molar-refractivity contribution in [1.82, 2.24) is 0 Å². The Labute approximate surface area is 152 Å². The van der Waals surface area contributed by atoms with Gasteiger partial charge in [-0.2, -0.15) is 0 Å². The summed E-state index contributed by atoms with van der Waals surface area (Å²) in [6.07, 6.45) is 2.46. The average molecular weight is 335 g/mol. The van der Waals surface area contributed by atoms with Gasteiger partial charge < -0.3 is 4.74 Å². The zero-order chi connectivity index (χ0) is 18.1. The van der Waals surface area contributed by atoms with Crippen molar-refractivity contribution in [3.63, 3.8) is 0 Å². The van der Waals surface area contributed by atoms with E-state index in [0.29, 0.717) is 12.5 Å². The van der Waals surface area contributed by atoms with E-state index in [1.807, 2.05) is 13.8 Å². The Kier molecular flexibility index (Phi) is 7.53. The van der Waals surface area contributed by atoms with Crippen LogP contribution < -0.4 is 4.74 Å². The molecule has 0 radical (unpaired) electrons. The highest BCUT2D eigenvalue weighted by atomic mass is 16.5. The lowest BCUT2D eigenvalue weighted by molar-refractivity contribution is 0.307. The van der Waals surface area contributed by atoms with Gasteiger partial charge in [-0.1, -0.05) is 88.7 Å². The standard InChI is InChI=1S/C22H24O.C2H6/c1-3-7-17(2)18-12-14-21(15-13-18)23-16-20-10-6-9-19-8-4-5-11-22(19)20;1-2/h4-6,8-15,17H,3,7,16H2,1-2H3;1-2H3. The van der Waals surface area contributed by atoms with E-state index in [9.17, 15) is 0 Å². The fraction of sp³-hybridized carbons (Fsp3) is 0.333. The van der Waals surface area contributed by atoms with Crippen molar-refractivity contribution in [3.05, 3.63) is 77.9 Å². The number of rotatable bonds is 6. The lowest BCUT2D eigenvalue weighted by Gasteiger charge is -2.12. The number of ether oxygens (including phenoxy) is 1. The highest BCUT2D eigenvalue weighted by Crippen LogP contribution is 2.24. The molecule has 1 heteroatoms. The fourth-order valence-electron chi connectivity index (χ4n) is 3.07. The zero-order valence-corrected chi connectivity index (χ0v) is 16.0. The zero-order valence-electron chi connectivity index (χ0n) is 16.0. The number of hydrogen-bond acceptors (Lipinski definition) is 1. The van der Waals surface area contributed by atoms with Gasteiger partial charge in [0.15, 0.2) is 0 Å². The van der Waals surface area contributed by atoms with Crippen LogP contribution >= 0.6 is 0 Å². The molecule has 132 valence electrons. The predicted molar refractivity (Wildman–Crippen MR) is 109 cm³/mol. The first-order valence-electron chi connectivity index (χ1n) is 9.47. The summed E-state index contributed by atoms with van der Waals surface area (Å²) in [6.45, 7) is 9.12. The summed E-state index contributed by atoms with van der Waals surface area (Å²) in [4.78, 5) is 0. The topological polar surface area (TPSA) is 9.23 Å². The maximum atomic E-state index is 5.99. The number of hydrogen-bond donors (Lipinski definition) is 0. The molecule has 25 heavy (non-hydrogen) atoms. The van der Waals surface area contributed by atoms with E-state index in [0.717, 1.165) is 5.75 Å². The minimum absolute atomic E-state index is 0.602. The minimum atomic E-state index is 0.602. The molecule has 0 saturated heterocycles. The Morgan fingerprint density at radius 1 is 0.840 bits per heavy atom. The van der Waals surface area contributed by atoms with Crippen LogP contribution in [-0.4, -0.2) is 0 Å². The van der Waals surface area contributed by atoms with Crippen LogP contribution in [0, 0.1) is 0 Å². The molecule has 0 aliphatic carbocycles. The van der Waals surface area contributed by atoms with Crippen LogP contribution in [0.3, 0.4) is 0 Å². The summed E-state index contributed by atoms with van der Waals surface area (Å²) in [6, 6.07) is 23.4. The monoisotopic (exact) mass is 334 g/mol. The molecule has 3 aromatic rings. The molecule has 0 bridgehead atoms. The molecule has 0 aromatic heterocycles. The van der Waals surface area contributed by atoms with E-state index in [4.69, 9.17) is 4.74 Å². The van der Waals surface area contributed by atoms with Gasteiger partial charge in [-0.05, 0) is 46.4 Å². The third-order valence-corrected chi connectivity index (χ3v) is 4.45. The second-order valence-electron chi connectivity index (χ2n) is 6.19. The maximum absolute atomic E-state index is 5.99. The van der Waals surface area contributed by atoms with Crippen molar-refractivity contribution < 1.29 is 4.74 Å². The van der Waals surface area contributed by atoms with E-state index < -0.39 is 0 Å². The quantitative estimate of drug-likeness (QED) is 0.458. The van der Waals surface area contributed by atoms with E-state index in [-0.39, 0.29) is 0 Å². The molecule has 0 aliphatic heterocycles. The summed E-state index contributed by atoms with van der Waals surface area (Å²) in [5.41, 5.74) is 2.62. The van der Waals surface area contributed by atoms with Crippen molar-refractivity contribution in [2.24, 2.45) is 0 Å². The van der Waals surface area contributed by atoms with Gasteiger partial charge in [0.25, 0.3) is 0 Å². The van der Waals surface area contributed by atoms with Crippen molar-refractivity contribution in [3.8, 4) is 5.75 Å². The molecule has 0 heterocycles. The first kappa shape index (κ1) is 19.1. The summed E-state index contributed by atoms with van der Waals surface area (Å²) < 4.78 is 5.99. The molecule has 1 nitrogen and oxygen atoms in total. The maximum Gasteiger partial charge on any atom is 0.119 e. The molecule has 0 amide bonds. The summed E-state index contributed by atoms with van der Waals surface area (Å²) in [7, 11) is 0. The van der Waals surface area contributed by atoms with Gasteiger partial charge in [0.05, 0.1) is 0 Å². The van der Waals surface area contributed by atoms with Gasteiger partial charge in [-0.3, -0.25) is 0 Å². The van der Waals surface area contributed by atoms with Crippen LogP contribution in [0.15, 0.2) is 66.7 Å². The second kappa shape index (κ2) is 9.88. The first-order valence-corrected chi connectivity index (χ1v) is 9.47. The van der Waals surface area contributed by atoms with Gasteiger partial charge in [0.1, 0.15) is 12.4 Å². The molecule has 1 unspecified atom stereocenters. The minimum Gasteiger partial charge on any atom is -0.489 e. The van der Waals surface area contributed by atoms with Gasteiger partial charge in [0, 0.05) is 0 Å². The van der Waals surface area contributed by atoms with Crippen LogP contribution in [0.2, 0.25) is 0 Å². The molecule has 3 rings (SSSR count). The third kappa shape index (κ3) is 5.09. The Morgan fingerprint density at radius 3 is 2.24 bits per heavy atom. The largest absolute Gasteiger partial charge is 0.489 e. The van der Waals surface area contributed by atoms with Crippen molar-refractivity contribution in [2.45, 2.75) is 53.1 Å². The van der Waals surface area contributed by atoms with Crippen LogP contribution in [0.25, 0.3) is 10.8 Å². The fourth-order valence-corrected chi connectivity index (χ4v) is 3.07. The van der Waals surface area contributed by atoms with Crippen LogP contribution in [0.5, 0.6) is 5.75 Å². The normalized spacial score (nSPS) is 11.5. The lowest BCUT2D eigenvalue weighted by Crippen LogP contribution is -1.97. The van der Waals surface area contributed by atoms with E-state index in [1.165, 1.54) is 34.7 Å². The molecular weight excluding hydrogens is 304 g/mol. The van der Waals surface area contributed by atoms with Crippen molar-refractivity contribution in [2.75, 3.05) is 0 Å². The third-order valence-electron chi connectivity index (χ3n) is 4.45. The van der Waals surface area contributed by atoms with Crippen LogP contribution in [-0.2, 0) is 6.61 Å². The van der Waals surface area contributed by atoms with Gasteiger partial charge in [-0.15, -0.1) is 0 Å². The Morgan fingerprint density at radius 2 is 1.52 bits per heavy atom. The summed E-state index contributed by atoms with van der Waals surface area (Å²) >= 11 is 0. The molecule has 3 aromatic carbocycles. The lowest BCUT2D eigenvalue weighted by atomic mass is 9.97.